The molecule has 0 aliphatic rings. The van der Waals surface area contributed by atoms with Gasteiger partial charge in [0, 0.05) is 22.9 Å². The number of aromatic amines is 1. The number of hydrazine groups is 1. The number of amides is 1. The highest BCUT2D eigenvalue weighted by Crippen LogP contribution is 2.37. The van der Waals surface area contributed by atoms with Crippen molar-refractivity contribution in [1.82, 2.24) is 20.6 Å². The Labute approximate surface area is 189 Å². The molecule has 2 aromatic heterocycles. The molecule has 2 heterocycles. The monoisotopic (exact) mass is 436 g/mol. The molecule has 6 N–H and O–H groups in total. The second kappa shape index (κ2) is 8.45. The highest BCUT2D eigenvalue weighted by atomic mass is 16.5. The standard InChI is InChI=1S/C25H20N6O2/c26-24-21-22(15-10-12-17(13-11-15)33-16-6-2-1-3-7-16)28-14-20(23(21)30-31-24)18-8-4-5-9-19(18)25(32)29-27/h1-14H,27H2,(H,29,32)(H3,26,30,31). The minimum atomic E-state index is -0.399. The number of carbonyl (C=O) groups excluding carboxylic acids is 1. The number of benzene rings is 3. The molecule has 0 fully saturated rings. The molecule has 0 bridgehead atoms. The zero-order chi connectivity index (χ0) is 22.8. The number of hydrogen-bond acceptors (Lipinski definition) is 6. The number of nitrogens with two attached hydrogens (primary N) is 2. The predicted octanol–water partition coefficient (Wildman–Crippen LogP) is 4.27. The first kappa shape index (κ1) is 20.2. The van der Waals surface area contributed by atoms with Crippen molar-refractivity contribution < 1.29 is 9.53 Å². The molecule has 3 aromatic carbocycles. The Morgan fingerprint density at radius 2 is 1.58 bits per heavy atom. The lowest BCUT2D eigenvalue weighted by molar-refractivity contribution is 0.0954. The zero-order valence-electron chi connectivity index (χ0n) is 17.4. The molecule has 0 radical (unpaired) electrons. The Morgan fingerprint density at radius 1 is 0.879 bits per heavy atom. The number of hydrogen-bond donors (Lipinski definition) is 4. The summed E-state index contributed by atoms with van der Waals surface area (Å²) in [6.07, 6.45) is 1.70. The van der Waals surface area contributed by atoms with Gasteiger partial charge in [0.25, 0.3) is 5.91 Å². The van der Waals surface area contributed by atoms with Gasteiger partial charge in [-0.15, -0.1) is 0 Å². The number of fused-ring (bicyclic) bond motifs is 1. The molecule has 5 aromatic rings. The third kappa shape index (κ3) is 3.75. The van der Waals surface area contributed by atoms with Crippen LogP contribution in [-0.2, 0) is 0 Å². The van der Waals surface area contributed by atoms with Gasteiger partial charge in [-0.25, -0.2) is 5.84 Å². The average molecular weight is 436 g/mol. The van der Waals surface area contributed by atoms with E-state index in [-0.39, 0.29) is 0 Å². The van der Waals surface area contributed by atoms with Crippen LogP contribution in [0.3, 0.4) is 0 Å². The fourth-order valence-corrected chi connectivity index (χ4v) is 3.77. The number of carbonyl (C=O) groups is 1. The molecule has 0 saturated carbocycles. The van der Waals surface area contributed by atoms with Crippen LogP contribution in [0.4, 0.5) is 5.82 Å². The Bertz CT molecular complexity index is 1450. The third-order valence-corrected chi connectivity index (χ3v) is 5.32. The number of para-hydroxylation sites is 1. The van der Waals surface area contributed by atoms with E-state index in [1.807, 2.05) is 66.7 Å². The van der Waals surface area contributed by atoms with Crippen molar-refractivity contribution in [3.8, 4) is 33.9 Å². The van der Waals surface area contributed by atoms with Gasteiger partial charge in [-0.2, -0.15) is 5.10 Å². The van der Waals surface area contributed by atoms with Crippen molar-refractivity contribution in [2.75, 3.05) is 5.73 Å². The number of aromatic nitrogens is 3. The lowest BCUT2D eigenvalue weighted by Crippen LogP contribution is -2.30. The van der Waals surface area contributed by atoms with E-state index in [1.54, 1.807) is 18.3 Å². The molecular weight excluding hydrogens is 416 g/mol. The molecule has 0 aliphatic heterocycles. The van der Waals surface area contributed by atoms with Crippen LogP contribution in [0.15, 0.2) is 85.1 Å². The van der Waals surface area contributed by atoms with Crippen molar-refractivity contribution in [2.45, 2.75) is 0 Å². The van der Waals surface area contributed by atoms with Crippen LogP contribution in [0.25, 0.3) is 33.3 Å². The number of nitrogens with one attached hydrogen (secondary N) is 2. The first-order chi connectivity index (χ1) is 16.2. The minimum absolute atomic E-state index is 0.319. The van der Waals surface area contributed by atoms with Gasteiger partial charge in [0.1, 0.15) is 11.5 Å². The van der Waals surface area contributed by atoms with Crippen LogP contribution in [0.2, 0.25) is 0 Å². The Balaban J connectivity index is 1.57. The van der Waals surface area contributed by atoms with E-state index in [0.29, 0.717) is 44.9 Å². The van der Waals surface area contributed by atoms with E-state index < -0.39 is 5.91 Å². The van der Waals surface area contributed by atoms with E-state index in [9.17, 15) is 4.79 Å². The minimum Gasteiger partial charge on any atom is -0.457 e. The van der Waals surface area contributed by atoms with Gasteiger partial charge in [-0.1, -0.05) is 36.4 Å². The molecule has 0 aliphatic carbocycles. The van der Waals surface area contributed by atoms with Gasteiger partial charge in [0.2, 0.25) is 0 Å². The SMILES string of the molecule is NNC(=O)c1ccccc1-c1cnc(-c2ccc(Oc3ccccc3)cc2)c2c(N)n[nH]c12. The van der Waals surface area contributed by atoms with Gasteiger partial charge in [0.05, 0.1) is 16.6 Å². The van der Waals surface area contributed by atoms with Crippen molar-refractivity contribution in [3.05, 3.63) is 90.6 Å². The topological polar surface area (TPSA) is 132 Å². The summed E-state index contributed by atoms with van der Waals surface area (Å²) in [5.74, 6) is 6.75. The van der Waals surface area contributed by atoms with Crippen molar-refractivity contribution >= 4 is 22.6 Å². The maximum atomic E-state index is 12.3. The lowest BCUT2D eigenvalue weighted by atomic mass is 9.97. The second-order valence-corrected chi connectivity index (χ2v) is 7.34. The van der Waals surface area contributed by atoms with Gasteiger partial charge in [-0.05, 0) is 48.0 Å². The molecule has 0 saturated heterocycles. The lowest BCUT2D eigenvalue weighted by Gasteiger charge is -2.11. The summed E-state index contributed by atoms with van der Waals surface area (Å²) in [6.45, 7) is 0. The molecule has 33 heavy (non-hydrogen) atoms. The highest BCUT2D eigenvalue weighted by molar-refractivity contribution is 6.09. The molecular formula is C25H20N6O2. The normalized spacial score (nSPS) is 10.8. The van der Waals surface area contributed by atoms with Crippen LogP contribution in [0.5, 0.6) is 11.5 Å². The number of H-pyrrole nitrogens is 1. The molecule has 8 heteroatoms. The number of ether oxygens (including phenoxy) is 1. The van der Waals surface area contributed by atoms with E-state index in [0.717, 1.165) is 11.3 Å². The quantitative estimate of drug-likeness (QED) is 0.185. The summed E-state index contributed by atoms with van der Waals surface area (Å²) in [5, 5.41) is 7.86. The molecule has 0 unspecified atom stereocenters. The molecule has 8 nitrogen and oxygen atoms in total. The largest absolute Gasteiger partial charge is 0.457 e. The van der Waals surface area contributed by atoms with Crippen LogP contribution < -0.4 is 21.7 Å². The highest BCUT2D eigenvalue weighted by Gasteiger charge is 2.19. The zero-order valence-corrected chi connectivity index (χ0v) is 17.4. The third-order valence-electron chi connectivity index (χ3n) is 5.32. The maximum absolute atomic E-state index is 12.3. The molecule has 1 amide bonds. The number of anilines is 1. The number of nitrogen functional groups attached to an aromatic ring is 2. The number of nitrogens with zero attached hydrogens (tertiary/aromatic N) is 2. The summed E-state index contributed by atoms with van der Waals surface area (Å²) in [5.41, 5.74) is 12.4. The Hall–Kier alpha value is -4.69. The average Bonchev–Trinajstić information content (AvgIpc) is 3.26. The van der Waals surface area contributed by atoms with E-state index in [4.69, 9.17) is 16.3 Å². The van der Waals surface area contributed by atoms with Crippen molar-refractivity contribution in [1.29, 1.82) is 0 Å². The van der Waals surface area contributed by atoms with E-state index in [2.05, 4.69) is 20.6 Å². The molecule has 5 rings (SSSR count). The molecule has 0 spiro atoms. The van der Waals surface area contributed by atoms with Crippen LogP contribution in [0.1, 0.15) is 10.4 Å². The summed E-state index contributed by atoms with van der Waals surface area (Å²) < 4.78 is 5.88. The predicted molar refractivity (Wildman–Crippen MR) is 127 cm³/mol. The maximum Gasteiger partial charge on any atom is 0.265 e. The fraction of sp³-hybridized carbons (Fsp3) is 0. The van der Waals surface area contributed by atoms with Gasteiger partial charge >= 0.3 is 0 Å². The van der Waals surface area contributed by atoms with Crippen LogP contribution >= 0.6 is 0 Å². The molecule has 162 valence electrons. The van der Waals surface area contributed by atoms with Crippen LogP contribution in [-0.4, -0.2) is 21.1 Å². The summed E-state index contributed by atoms with van der Waals surface area (Å²) in [7, 11) is 0. The van der Waals surface area contributed by atoms with Gasteiger partial charge < -0.3 is 10.5 Å². The first-order valence-corrected chi connectivity index (χ1v) is 10.2. The number of pyridine rings is 1. The Morgan fingerprint density at radius 3 is 2.33 bits per heavy atom. The second-order valence-electron chi connectivity index (χ2n) is 7.34. The molecule has 0 atom stereocenters. The summed E-state index contributed by atoms with van der Waals surface area (Å²) in [6, 6.07) is 24.3. The Kier molecular flexibility index (Phi) is 5.18. The van der Waals surface area contributed by atoms with Gasteiger partial charge in [-0.3, -0.25) is 20.3 Å². The summed E-state index contributed by atoms with van der Waals surface area (Å²) in [4.78, 5) is 17.0. The summed E-state index contributed by atoms with van der Waals surface area (Å²) >= 11 is 0. The first-order valence-electron chi connectivity index (χ1n) is 10.2. The van der Waals surface area contributed by atoms with Crippen LogP contribution in [0, 0.1) is 0 Å². The van der Waals surface area contributed by atoms with Crippen molar-refractivity contribution in [2.24, 2.45) is 5.84 Å². The van der Waals surface area contributed by atoms with E-state index >= 15 is 0 Å². The smallest absolute Gasteiger partial charge is 0.265 e. The number of rotatable bonds is 5. The fourth-order valence-electron chi connectivity index (χ4n) is 3.77. The van der Waals surface area contributed by atoms with Crippen molar-refractivity contribution in [3.63, 3.8) is 0 Å². The van der Waals surface area contributed by atoms with E-state index in [1.165, 1.54) is 0 Å². The van der Waals surface area contributed by atoms with Gasteiger partial charge in [0.15, 0.2) is 5.82 Å².